The first-order valence-electron chi connectivity index (χ1n) is 6.99. The third-order valence-corrected chi connectivity index (χ3v) is 5.22. The summed E-state index contributed by atoms with van der Waals surface area (Å²) in [5.41, 5.74) is -0.128. The highest BCUT2D eigenvalue weighted by atomic mass is 16.5. The maximum atomic E-state index is 12.2. The number of nitrogens with one attached hydrogen (secondary N) is 2. The standard InChI is InChI=1S/C14H26N2O2/c1-13(2)11(9-14(13,3)18-4)16-12(17)10-7-5-6-8-15-10/h10-11,15H,5-9H2,1-4H3,(H,16,17)/t10-,11?,14?/m0/s1. The van der Waals surface area contributed by atoms with E-state index in [0.717, 1.165) is 25.8 Å². The van der Waals surface area contributed by atoms with Gasteiger partial charge in [-0.2, -0.15) is 0 Å². The predicted octanol–water partition coefficient (Wildman–Crippen LogP) is 1.45. The van der Waals surface area contributed by atoms with Gasteiger partial charge in [-0.05, 0) is 32.7 Å². The second kappa shape index (κ2) is 4.82. The summed E-state index contributed by atoms with van der Waals surface area (Å²) in [6.07, 6.45) is 4.19. The highest BCUT2D eigenvalue weighted by Gasteiger charge is 2.58. The summed E-state index contributed by atoms with van der Waals surface area (Å²) in [5.74, 6) is 0.158. The van der Waals surface area contributed by atoms with E-state index in [0.29, 0.717) is 0 Å². The van der Waals surface area contributed by atoms with Crippen molar-refractivity contribution in [3.05, 3.63) is 0 Å². The smallest absolute Gasteiger partial charge is 0.237 e. The Morgan fingerprint density at radius 1 is 1.33 bits per heavy atom. The van der Waals surface area contributed by atoms with Crippen LogP contribution in [0.2, 0.25) is 0 Å². The van der Waals surface area contributed by atoms with Crippen molar-refractivity contribution in [3.8, 4) is 0 Å². The van der Waals surface area contributed by atoms with Crippen LogP contribution in [0.3, 0.4) is 0 Å². The van der Waals surface area contributed by atoms with Gasteiger partial charge in [0.05, 0.1) is 11.6 Å². The van der Waals surface area contributed by atoms with Gasteiger partial charge < -0.3 is 15.4 Å². The van der Waals surface area contributed by atoms with Gasteiger partial charge in [-0.15, -0.1) is 0 Å². The van der Waals surface area contributed by atoms with Crippen LogP contribution in [0.25, 0.3) is 0 Å². The number of piperidine rings is 1. The second-order valence-electron chi connectivity index (χ2n) is 6.42. The molecule has 2 fully saturated rings. The van der Waals surface area contributed by atoms with Crippen molar-refractivity contribution in [2.24, 2.45) is 5.41 Å². The molecule has 1 amide bonds. The van der Waals surface area contributed by atoms with E-state index in [2.05, 4.69) is 31.4 Å². The van der Waals surface area contributed by atoms with Crippen molar-refractivity contribution in [1.29, 1.82) is 0 Å². The molecule has 0 radical (unpaired) electrons. The lowest BCUT2D eigenvalue weighted by atomic mass is 9.55. The molecule has 3 atom stereocenters. The molecule has 4 heteroatoms. The van der Waals surface area contributed by atoms with Gasteiger partial charge in [0, 0.05) is 18.6 Å². The highest BCUT2D eigenvalue weighted by molar-refractivity contribution is 5.82. The van der Waals surface area contributed by atoms with Gasteiger partial charge in [0.2, 0.25) is 5.91 Å². The van der Waals surface area contributed by atoms with E-state index in [9.17, 15) is 4.79 Å². The summed E-state index contributed by atoms with van der Waals surface area (Å²) in [6.45, 7) is 7.41. The average Bonchev–Trinajstić information content (AvgIpc) is 2.38. The van der Waals surface area contributed by atoms with E-state index in [-0.39, 0.29) is 29.0 Å². The number of carbonyl (C=O) groups excluding carboxylic acids is 1. The summed E-state index contributed by atoms with van der Waals surface area (Å²) in [5, 5.41) is 6.48. The summed E-state index contributed by atoms with van der Waals surface area (Å²) in [4.78, 5) is 12.2. The molecule has 1 aliphatic carbocycles. The van der Waals surface area contributed by atoms with Crippen LogP contribution in [-0.2, 0) is 9.53 Å². The van der Waals surface area contributed by atoms with Gasteiger partial charge in [-0.3, -0.25) is 4.79 Å². The van der Waals surface area contributed by atoms with Gasteiger partial charge in [0.25, 0.3) is 0 Å². The molecule has 0 aromatic heterocycles. The quantitative estimate of drug-likeness (QED) is 0.801. The van der Waals surface area contributed by atoms with Crippen molar-refractivity contribution in [1.82, 2.24) is 10.6 Å². The van der Waals surface area contributed by atoms with E-state index in [1.54, 1.807) is 7.11 Å². The van der Waals surface area contributed by atoms with Crippen molar-refractivity contribution in [2.75, 3.05) is 13.7 Å². The summed E-state index contributed by atoms with van der Waals surface area (Å²) < 4.78 is 5.58. The fourth-order valence-corrected chi connectivity index (χ4v) is 3.07. The Kier molecular flexibility index (Phi) is 3.70. The minimum Gasteiger partial charge on any atom is -0.378 e. The minimum absolute atomic E-state index is 0.00366. The SMILES string of the molecule is COC1(C)CC(NC(=O)[C@@H]2CCCCN2)C1(C)C. The third-order valence-electron chi connectivity index (χ3n) is 5.22. The van der Waals surface area contributed by atoms with Crippen LogP contribution in [-0.4, -0.2) is 37.2 Å². The molecule has 0 bridgehead atoms. The fourth-order valence-electron chi connectivity index (χ4n) is 3.07. The Labute approximate surface area is 110 Å². The molecule has 2 unspecified atom stereocenters. The molecule has 1 aliphatic heterocycles. The van der Waals surface area contributed by atoms with Gasteiger partial charge in [-0.1, -0.05) is 20.3 Å². The normalized spacial score (nSPS) is 38.9. The number of carbonyl (C=O) groups is 1. The first-order valence-corrected chi connectivity index (χ1v) is 6.99. The second-order valence-corrected chi connectivity index (χ2v) is 6.42. The van der Waals surface area contributed by atoms with Gasteiger partial charge in [-0.25, -0.2) is 0 Å². The molecule has 2 rings (SSSR count). The first kappa shape index (κ1) is 13.8. The number of hydrogen-bond acceptors (Lipinski definition) is 3. The number of hydrogen-bond donors (Lipinski definition) is 2. The molecule has 104 valence electrons. The summed E-state index contributed by atoms with van der Waals surface area (Å²) >= 11 is 0. The van der Waals surface area contributed by atoms with Crippen LogP contribution in [0, 0.1) is 5.41 Å². The van der Waals surface area contributed by atoms with E-state index in [1.807, 2.05) is 0 Å². The number of rotatable bonds is 3. The molecule has 1 saturated heterocycles. The Morgan fingerprint density at radius 2 is 2.06 bits per heavy atom. The first-order chi connectivity index (χ1) is 8.40. The maximum Gasteiger partial charge on any atom is 0.237 e. The Hall–Kier alpha value is -0.610. The maximum absolute atomic E-state index is 12.2. The van der Waals surface area contributed by atoms with Gasteiger partial charge in [0.15, 0.2) is 0 Å². The monoisotopic (exact) mass is 254 g/mol. The van der Waals surface area contributed by atoms with E-state index in [4.69, 9.17) is 4.74 Å². The van der Waals surface area contributed by atoms with E-state index >= 15 is 0 Å². The van der Waals surface area contributed by atoms with Crippen LogP contribution in [0.5, 0.6) is 0 Å². The highest BCUT2D eigenvalue weighted by Crippen LogP contribution is 2.51. The van der Waals surface area contributed by atoms with E-state index in [1.165, 1.54) is 6.42 Å². The Bertz CT molecular complexity index is 324. The summed E-state index contributed by atoms with van der Waals surface area (Å²) in [7, 11) is 1.75. The zero-order valence-electron chi connectivity index (χ0n) is 12.0. The van der Waals surface area contributed by atoms with Crippen LogP contribution < -0.4 is 10.6 Å². The van der Waals surface area contributed by atoms with Gasteiger partial charge in [0.1, 0.15) is 0 Å². The molecule has 1 saturated carbocycles. The van der Waals surface area contributed by atoms with Crippen LogP contribution in [0.4, 0.5) is 0 Å². The predicted molar refractivity (Wildman–Crippen MR) is 71.4 cm³/mol. The largest absolute Gasteiger partial charge is 0.378 e. The van der Waals surface area contributed by atoms with Crippen molar-refractivity contribution < 1.29 is 9.53 Å². The topological polar surface area (TPSA) is 50.4 Å². The molecular formula is C14H26N2O2. The molecular weight excluding hydrogens is 228 g/mol. The van der Waals surface area contributed by atoms with E-state index < -0.39 is 0 Å². The lowest BCUT2D eigenvalue weighted by molar-refractivity contribution is -0.183. The minimum atomic E-state index is -0.120. The third kappa shape index (κ3) is 2.16. The molecule has 0 spiro atoms. The van der Waals surface area contributed by atoms with Gasteiger partial charge >= 0.3 is 0 Å². The van der Waals surface area contributed by atoms with Crippen molar-refractivity contribution in [2.45, 2.75) is 64.1 Å². The van der Waals surface area contributed by atoms with Crippen LogP contribution >= 0.6 is 0 Å². The van der Waals surface area contributed by atoms with Crippen LogP contribution in [0.15, 0.2) is 0 Å². The molecule has 0 aromatic rings. The lowest BCUT2D eigenvalue weighted by Gasteiger charge is -2.59. The number of amides is 1. The van der Waals surface area contributed by atoms with Crippen molar-refractivity contribution >= 4 is 5.91 Å². The van der Waals surface area contributed by atoms with Crippen molar-refractivity contribution in [3.63, 3.8) is 0 Å². The molecule has 4 nitrogen and oxygen atoms in total. The molecule has 1 heterocycles. The number of methoxy groups -OCH3 is 1. The molecule has 18 heavy (non-hydrogen) atoms. The lowest BCUT2D eigenvalue weighted by Crippen LogP contribution is -2.69. The number of ether oxygens (including phenoxy) is 1. The molecule has 2 N–H and O–H groups in total. The zero-order chi connectivity index (χ0) is 13.4. The molecule has 0 aromatic carbocycles. The molecule has 2 aliphatic rings. The fraction of sp³-hybridized carbons (Fsp3) is 0.929. The Balaban J connectivity index is 1.89. The zero-order valence-corrected chi connectivity index (χ0v) is 12.0. The van der Waals surface area contributed by atoms with Crippen LogP contribution in [0.1, 0.15) is 46.5 Å². The Morgan fingerprint density at radius 3 is 2.56 bits per heavy atom. The summed E-state index contributed by atoms with van der Waals surface area (Å²) in [6, 6.07) is 0.225. The average molecular weight is 254 g/mol.